The molecule has 25 heavy (non-hydrogen) atoms. The van der Waals surface area contributed by atoms with Gasteiger partial charge in [-0.05, 0) is 26.0 Å². The molecule has 0 saturated carbocycles. The first kappa shape index (κ1) is 19.9. The first-order valence-electron chi connectivity index (χ1n) is 7.71. The lowest BCUT2D eigenvalue weighted by atomic mass is 10.2. The van der Waals surface area contributed by atoms with E-state index in [1.54, 1.807) is 38.1 Å². The molecule has 0 bridgehead atoms. The zero-order valence-corrected chi connectivity index (χ0v) is 14.1. The zero-order chi connectivity index (χ0) is 18.7. The smallest absolute Gasteiger partial charge is 0.325 e. The first-order valence-corrected chi connectivity index (χ1v) is 7.71. The molecule has 0 saturated heterocycles. The average Bonchev–Trinajstić information content (AvgIpc) is 2.58. The number of hydrogen-bond acceptors (Lipinski definition) is 6. The second-order valence-corrected chi connectivity index (χ2v) is 4.68. The molecule has 0 fully saturated rings. The molecule has 136 valence electrons. The Labute approximate surface area is 145 Å². The maximum Gasteiger partial charge on any atom is 0.325 e. The van der Waals surface area contributed by atoms with Gasteiger partial charge >= 0.3 is 12.0 Å². The van der Waals surface area contributed by atoms with Crippen LogP contribution in [-0.2, 0) is 14.3 Å². The molecule has 0 radical (unpaired) electrons. The fourth-order valence-electron chi connectivity index (χ4n) is 1.75. The SMILES string of the molecule is CCNC(=O)NC(=O)COC(=O)CNC(=O)c1ccccc1OCC. The number of ether oxygens (including phenoxy) is 2. The summed E-state index contributed by atoms with van der Waals surface area (Å²) in [4.78, 5) is 46.1. The Morgan fingerprint density at radius 2 is 1.76 bits per heavy atom. The number of urea groups is 1. The minimum atomic E-state index is -0.812. The van der Waals surface area contributed by atoms with E-state index in [1.165, 1.54) is 0 Å². The van der Waals surface area contributed by atoms with Gasteiger partial charge in [0.05, 0.1) is 12.2 Å². The lowest BCUT2D eigenvalue weighted by Gasteiger charge is -2.10. The summed E-state index contributed by atoms with van der Waals surface area (Å²) in [6, 6.07) is 5.92. The van der Waals surface area contributed by atoms with Gasteiger partial charge in [-0.1, -0.05) is 12.1 Å². The van der Waals surface area contributed by atoms with E-state index in [0.29, 0.717) is 18.9 Å². The van der Waals surface area contributed by atoms with Crippen molar-refractivity contribution in [3.8, 4) is 5.75 Å². The van der Waals surface area contributed by atoms with Crippen molar-refractivity contribution in [2.24, 2.45) is 0 Å². The maximum absolute atomic E-state index is 12.1. The van der Waals surface area contributed by atoms with Crippen LogP contribution in [0.4, 0.5) is 4.79 Å². The highest BCUT2D eigenvalue weighted by Gasteiger charge is 2.14. The van der Waals surface area contributed by atoms with E-state index in [-0.39, 0.29) is 5.56 Å². The number of para-hydroxylation sites is 1. The normalized spacial score (nSPS) is 9.68. The molecular weight excluding hydrogens is 330 g/mol. The van der Waals surface area contributed by atoms with Crippen molar-refractivity contribution in [2.45, 2.75) is 13.8 Å². The standard InChI is InChI=1S/C16H21N3O6/c1-3-17-16(23)19-13(20)10-25-14(21)9-18-15(22)11-7-5-6-8-12(11)24-4-2/h5-8H,3-4,9-10H2,1-2H3,(H,18,22)(H2,17,19,20,23). The van der Waals surface area contributed by atoms with Gasteiger partial charge in [0.25, 0.3) is 11.8 Å². The third-order valence-electron chi connectivity index (χ3n) is 2.78. The van der Waals surface area contributed by atoms with Crippen LogP contribution in [0, 0.1) is 0 Å². The Bertz CT molecular complexity index is 632. The van der Waals surface area contributed by atoms with Crippen LogP contribution in [0.2, 0.25) is 0 Å². The molecule has 9 heteroatoms. The molecule has 0 heterocycles. The summed E-state index contributed by atoms with van der Waals surface area (Å²) < 4.78 is 10.0. The topological polar surface area (TPSA) is 123 Å². The average molecular weight is 351 g/mol. The van der Waals surface area contributed by atoms with Gasteiger partial charge < -0.3 is 20.1 Å². The number of benzene rings is 1. The fourth-order valence-corrected chi connectivity index (χ4v) is 1.75. The molecule has 0 unspecified atom stereocenters. The largest absolute Gasteiger partial charge is 0.493 e. The molecule has 0 spiro atoms. The fraction of sp³-hybridized carbons (Fsp3) is 0.375. The van der Waals surface area contributed by atoms with E-state index in [2.05, 4.69) is 15.4 Å². The summed E-state index contributed by atoms with van der Waals surface area (Å²) >= 11 is 0. The van der Waals surface area contributed by atoms with Crippen molar-refractivity contribution in [3.63, 3.8) is 0 Å². The summed E-state index contributed by atoms with van der Waals surface area (Å²) in [5, 5.41) is 6.71. The third-order valence-corrected chi connectivity index (χ3v) is 2.78. The highest BCUT2D eigenvalue weighted by molar-refractivity contribution is 5.98. The molecule has 4 amide bonds. The van der Waals surface area contributed by atoms with Gasteiger partial charge in [0, 0.05) is 6.54 Å². The number of hydrogen-bond donors (Lipinski definition) is 3. The summed E-state index contributed by atoms with van der Waals surface area (Å²) in [6.07, 6.45) is 0. The predicted molar refractivity (Wildman–Crippen MR) is 88.1 cm³/mol. The molecule has 1 aromatic rings. The number of carbonyl (C=O) groups is 4. The molecular formula is C16H21N3O6. The lowest BCUT2D eigenvalue weighted by Crippen LogP contribution is -2.41. The van der Waals surface area contributed by atoms with Gasteiger partial charge in [0.15, 0.2) is 6.61 Å². The molecule has 3 N–H and O–H groups in total. The van der Waals surface area contributed by atoms with Crippen LogP contribution in [0.5, 0.6) is 5.75 Å². The van der Waals surface area contributed by atoms with Gasteiger partial charge in [0.2, 0.25) is 0 Å². The van der Waals surface area contributed by atoms with E-state index < -0.39 is 37.0 Å². The highest BCUT2D eigenvalue weighted by Crippen LogP contribution is 2.17. The van der Waals surface area contributed by atoms with Crippen LogP contribution in [0.25, 0.3) is 0 Å². The number of imide groups is 1. The summed E-state index contributed by atoms with van der Waals surface area (Å²) in [6.45, 7) is 3.19. The van der Waals surface area contributed by atoms with Gasteiger partial charge in [-0.25, -0.2) is 4.79 Å². The number of carbonyl (C=O) groups excluding carboxylic acids is 4. The van der Waals surface area contributed by atoms with Crippen LogP contribution in [-0.4, -0.2) is 50.1 Å². The third kappa shape index (κ3) is 7.34. The minimum Gasteiger partial charge on any atom is -0.493 e. The quantitative estimate of drug-likeness (QED) is 0.575. The number of nitrogens with one attached hydrogen (secondary N) is 3. The van der Waals surface area contributed by atoms with E-state index in [1.807, 2.05) is 5.32 Å². The number of esters is 1. The van der Waals surface area contributed by atoms with Gasteiger partial charge in [-0.15, -0.1) is 0 Å². The van der Waals surface area contributed by atoms with Gasteiger partial charge in [-0.2, -0.15) is 0 Å². The second kappa shape index (κ2) is 10.6. The summed E-state index contributed by atoms with van der Waals surface area (Å²) in [7, 11) is 0. The van der Waals surface area contributed by atoms with Crippen molar-refractivity contribution in [2.75, 3.05) is 26.3 Å². The van der Waals surface area contributed by atoms with Crippen molar-refractivity contribution in [1.29, 1.82) is 0 Å². The van der Waals surface area contributed by atoms with Crippen molar-refractivity contribution < 1.29 is 28.7 Å². The molecule has 9 nitrogen and oxygen atoms in total. The van der Waals surface area contributed by atoms with Crippen LogP contribution in [0.3, 0.4) is 0 Å². The summed E-state index contributed by atoms with van der Waals surface area (Å²) in [5.74, 6) is -1.69. The van der Waals surface area contributed by atoms with Crippen molar-refractivity contribution in [1.82, 2.24) is 16.0 Å². The predicted octanol–water partition coefficient (Wildman–Crippen LogP) is 0.204. The maximum atomic E-state index is 12.1. The molecule has 0 aliphatic heterocycles. The number of amides is 4. The van der Waals surface area contributed by atoms with Crippen LogP contribution in [0.1, 0.15) is 24.2 Å². The van der Waals surface area contributed by atoms with Crippen LogP contribution in [0.15, 0.2) is 24.3 Å². The van der Waals surface area contributed by atoms with Crippen LogP contribution >= 0.6 is 0 Å². The Balaban J connectivity index is 2.40. The molecule has 0 aliphatic carbocycles. The highest BCUT2D eigenvalue weighted by atomic mass is 16.5. The van der Waals surface area contributed by atoms with E-state index in [0.717, 1.165) is 0 Å². The Kier molecular flexibility index (Phi) is 8.48. The van der Waals surface area contributed by atoms with E-state index in [9.17, 15) is 19.2 Å². The van der Waals surface area contributed by atoms with Crippen LogP contribution < -0.4 is 20.7 Å². The molecule has 0 atom stereocenters. The number of rotatable bonds is 8. The van der Waals surface area contributed by atoms with Gasteiger partial charge in [-0.3, -0.25) is 19.7 Å². The minimum absolute atomic E-state index is 0.283. The molecule has 0 aromatic heterocycles. The zero-order valence-electron chi connectivity index (χ0n) is 14.1. The Hall–Kier alpha value is -3.10. The summed E-state index contributed by atoms with van der Waals surface area (Å²) in [5.41, 5.74) is 0.283. The molecule has 1 aromatic carbocycles. The van der Waals surface area contributed by atoms with E-state index in [4.69, 9.17) is 4.74 Å². The van der Waals surface area contributed by atoms with Crippen molar-refractivity contribution in [3.05, 3.63) is 29.8 Å². The Morgan fingerprint density at radius 3 is 2.44 bits per heavy atom. The molecule has 0 aliphatic rings. The van der Waals surface area contributed by atoms with Crippen molar-refractivity contribution >= 4 is 23.8 Å². The van der Waals surface area contributed by atoms with Gasteiger partial charge in [0.1, 0.15) is 12.3 Å². The molecule has 1 rings (SSSR count). The lowest BCUT2D eigenvalue weighted by molar-refractivity contribution is -0.147. The first-order chi connectivity index (χ1) is 12.0. The monoisotopic (exact) mass is 351 g/mol. The second-order valence-electron chi connectivity index (χ2n) is 4.68. The van der Waals surface area contributed by atoms with E-state index >= 15 is 0 Å². The Morgan fingerprint density at radius 1 is 1.04 bits per heavy atom.